The van der Waals surface area contributed by atoms with Crippen LogP contribution in [0.5, 0.6) is 0 Å². The predicted octanol–water partition coefficient (Wildman–Crippen LogP) is 8.12. The van der Waals surface area contributed by atoms with Crippen molar-refractivity contribution < 1.29 is 7.13 Å². The Labute approximate surface area is 180 Å². The first kappa shape index (κ1) is 15.5. The summed E-state index contributed by atoms with van der Waals surface area (Å²) in [6.07, 6.45) is -0.660. The van der Waals surface area contributed by atoms with Crippen molar-refractivity contribution in [2.75, 3.05) is 0 Å². The Bertz CT molecular complexity index is 1680. The summed E-state index contributed by atoms with van der Waals surface area (Å²) in [5.41, 5.74) is 1.50. The molecule has 0 aliphatic rings. The number of halogens is 1. The van der Waals surface area contributed by atoms with Crippen LogP contribution in [0.2, 0.25) is 0 Å². The number of hydrogen-bond acceptors (Lipinski definition) is 2. The van der Waals surface area contributed by atoms with Crippen LogP contribution in [0.15, 0.2) is 79.0 Å². The van der Waals surface area contributed by atoms with Gasteiger partial charge in [0.2, 0.25) is 0 Å². The molecule has 1 nitrogen and oxygen atoms in total. The van der Waals surface area contributed by atoms with Gasteiger partial charge in [0, 0.05) is 33.9 Å². The minimum absolute atomic E-state index is 0.0255. The normalized spacial score (nSPS) is 13.3. The largest absolute Gasteiger partial charge is 0.253 e. The van der Waals surface area contributed by atoms with Crippen LogP contribution in [0.3, 0.4) is 0 Å². The van der Waals surface area contributed by atoms with Gasteiger partial charge in [-0.1, -0.05) is 73.7 Å². The zero-order valence-corrected chi connectivity index (χ0v) is 17.1. The Morgan fingerprint density at radius 2 is 1.57 bits per heavy atom. The van der Waals surface area contributed by atoms with E-state index in [0.717, 1.165) is 21.8 Å². The van der Waals surface area contributed by atoms with Crippen molar-refractivity contribution in [3.8, 4) is 11.3 Å². The van der Waals surface area contributed by atoms with Gasteiger partial charge in [-0.25, -0.2) is 4.39 Å². The molecule has 2 heterocycles. The monoisotopic (exact) mass is 409 g/mol. The first-order valence-electron chi connectivity index (χ1n) is 10.8. The third kappa shape index (κ3) is 2.49. The van der Waals surface area contributed by atoms with E-state index >= 15 is 0 Å². The van der Waals surface area contributed by atoms with Crippen LogP contribution < -0.4 is 0 Å². The van der Waals surface area contributed by atoms with Gasteiger partial charge in [0.05, 0.1) is 11.9 Å². The average Bonchev–Trinajstić information content (AvgIpc) is 3.18. The van der Waals surface area contributed by atoms with E-state index in [4.69, 9.17) is 2.74 Å². The molecule has 0 bridgehead atoms. The molecule has 0 saturated carbocycles. The number of aryl methyl sites for hydroxylation is 1. The summed E-state index contributed by atoms with van der Waals surface area (Å²) in [4.78, 5) is 4.31. The molecule has 0 radical (unpaired) electrons. The number of hydrogen-bond donors (Lipinski definition) is 0. The van der Waals surface area contributed by atoms with Crippen molar-refractivity contribution in [3.63, 3.8) is 0 Å². The second kappa shape index (κ2) is 6.61. The number of nitrogens with zero attached hydrogens (tertiary/aromatic N) is 1. The highest BCUT2D eigenvalue weighted by Gasteiger charge is 2.15. The highest BCUT2D eigenvalue weighted by atomic mass is 32.1. The quantitative estimate of drug-likeness (QED) is 0.263. The van der Waals surface area contributed by atoms with Crippen molar-refractivity contribution in [1.29, 1.82) is 0 Å². The molecule has 0 spiro atoms. The summed E-state index contributed by atoms with van der Waals surface area (Å²) < 4.78 is 32.5. The summed E-state index contributed by atoms with van der Waals surface area (Å²) in [6.45, 7) is 1.37. The van der Waals surface area contributed by atoms with Gasteiger partial charge in [0.25, 0.3) is 0 Å². The molecule has 0 saturated heterocycles. The zero-order valence-electron chi connectivity index (χ0n) is 18.2. The summed E-state index contributed by atoms with van der Waals surface area (Å²) in [5, 5.41) is 7.21. The number of aromatic nitrogens is 1. The van der Waals surface area contributed by atoms with Gasteiger partial charge in [0.15, 0.2) is 0 Å². The van der Waals surface area contributed by atoms with Crippen LogP contribution in [0.25, 0.3) is 53.0 Å². The van der Waals surface area contributed by atoms with E-state index in [1.807, 2.05) is 12.1 Å². The van der Waals surface area contributed by atoms with Gasteiger partial charge in [-0.05, 0) is 34.2 Å². The zero-order chi connectivity index (χ0) is 22.0. The van der Waals surface area contributed by atoms with Crippen molar-refractivity contribution in [1.82, 2.24) is 4.98 Å². The predicted molar refractivity (Wildman–Crippen MR) is 127 cm³/mol. The van der Waals surface area contributed by atoms with Gasteiger partial charge in [-0.15, -0.1) is 11.3 Å². The smallest absolute Gasteiger partial charge is 0.144 e. The van der Waals surface area contributed by atoms with E-state index in [0.29, 0.717) is 5.69 Å². The lowest BCUT2D eigenvalue weighted by atomic mass is 9.99. The summed E-state index contributed by atoms with van der Waals surface area (Å²) >= 11 is 1.71. The molecule has 144 valence electrons. The lowest BCUT2D eigenvalue weighted by molar-refractivity contribution is 0.606. The van der Waals surface area contributed by atoms with E-state index in [9.17, 15) is 4.39 Å². The molecule has 0 amide bonds. The van der Waals surface area contributed by atoms with E-state index in [-0.39, 0.29) is 5.56 Å². The second-order valence-corrected chi connectivity index (χ2v) is 8.43. The van der Waals surface area contributed by atoms with Crippen LogP contribution in [0.1, 0.15) is 15.2 Å². The number of thiophene rings is 1. The van der Waals surface area contributed by atoms with Gasteiger partial charge in [-0.2, -0.15) is 0 Å². The Kier molecular flexibility index (Phi) is 3.42. The third-order valence-corrected chi connectivity index (χ3v) is 7.07. The molecule has 0 fully saturated rings. The fraction of sp³-hybridized carbons (Fsp3) is 0.0741. The Morgan fingerprint density at radius 1 is 0.833 bits per heavy atom. The van der Waals surface area contributed by atoms with Crippen molar-refractivity contribution >= 4 is 53.1 Å². The van der Waals surface area contributed by atoms with Gasteiger partial charge >= 0.3 is 0 Å². The average molecular weight is 410 g/mol. The van der Waals surface area contributed by atoms with Gasteiger partial charge in [0.1, 0.15) is 5.82 Å². The van der Waals surface area contributed by atoms with Crippen molar-refractivity contribution in [2.24, 2.45) is 0 Å². The van der Waals surface area contributed by atoms with Crippen LogP contribution in [-0.4, -0.2) is 4.98 Å². The number of rotatable bonds is 2. The van der Waals surface area contributed by atoms with E-state index in [1.54, 1.807) is 17.4 Å². The molecule has 0 atom stereocenters. The van der Waals surface area contributed by atoms with Gasteiger partial charge < -0.3 is 0 Å². The standard InChI is InChI=1S/C27H18FNS/c1-2-16-14-25(29-15-24(16)28)23-9-5-8-20-22-13-12-19-18-7-4-3-6-17(18)10-11-21(19)26(22)30-27(20)23/h3-15H,2H2,1H3/i2D2. The molecule has 0 unspecified atom stereocenters. The summed E-state index contributed by atoms with van der Waals surface area (Å²) in [7, 11) is 0. The third-order valence-electron chi connectivity index (χ3n) is 5.79. The maximum atomic E-state index is 14.3. The highest BCUT2D eigenvalue weighted by molar-refractivity contribution is 7.27. The number of benzene rings is 4. The maximum absolute atomic E-state index is 14.3. The molecule has 6 rings (SSSR count). The molecular weight excluding hydrogens is 389 g/mol. The van der Waals surface area contributed by atoms with E-state index in [2.05, 4.69) is 59.6 Å². The SMILES string of the molecule is [2H]C([2H])(C)c1cc(-c2cccc3c2sc2c3ccc3c4ccccc4ccc32)ncc1F. The van der Waals surface area contributed by atoms with E-state index in [1.165, 1.54) is 38.6 Å². The Morgan fingerprint density at radius 3 is 2.47 bits per heavy atom. The van der Waals surface area contributed by atoms with Crippen molar-refractivity contribution in [2.45, 2.75) is 13.3 Å². The molecule has 3 heteroatoms. The maximum Gasteiger partial charge on any atom is 0.144 e. The summed E-state index contributed by atoms with van der Waals surface area (Å²) in [5.74, 6) is -0.623. The molecule has 6 aromatic rings. The number of pyridine rings is 1. The molecule has 0 N–H and O–H groups in total. The van der Waals surface area contributed by atoms with Gasteiger partial charge in [-0.3, -0.25) is 4.98 Å². The molecule has 0 aliphatic heterocycles. The highest BCUT2D eigenvalue weighted by Crippen LogP contribution is 2.43. The van der Waals surface area contributed by atoms with Crippen molar-refractivity contribution in [3.05, 3.63) is 90.4 Å². The fourth-order valence-corrected chi connectivity index (χ4v) is 5.67. The first-order valence-corrected chi connectivity index (χ1v) is 10.7. The lowest BCUT2D eigenvalue weighted by Gasteiger charge is -2.06. The van der Waals surface area contributed by atoms with E-state index < -0.39 is 12.2 Å². The first-order chi connectivity index (χ1) is 15.4. The molecule has 2 aromatic heterocycles. The van der Waals surface area contributed by atoms with Crippen LogP contribution in [-0.2, 0) is 6.37 Å². The molecular formula is C27H18FNS. The fourth-order valence-electron chi connectivity index (χ4n) is 4.32. The molecule has 0 aliphatic carbocycles. The second-order valence-electron chi connectivity index (χ2n) is 7.41. The Hall–Kier alpha value is -3.30. The minimum Gasteiger partial charge on any atom is -0.253 e. The molecule has 4 aromatic carbocycles. The molecule has 30 heavy (non-hydrogen) atoms. The summed E-state index contributed by atoms with van der Waals surface area (Å²) in [6, 6.07) is 24.8. The topological polar surface area (TPSA) is 12.9 Å². The van der Waals surface area contributed by atoms with Crippen LogP contribution in [0.4, 0.5) is 4.39 Å². The van der Waals surface area contributed by atoms with Crippen LogP contribution >= 0.6 is 11.3 Å². The minimum atomic E-state index is -1.78. The van der Waals surface area contributed by atoms with Crippen LogP contribution in [0, 0.1) is 5.82 Å². The number of fused-ring (bicyclic) bond motifs is 7. The lowest BCUT2D eigenvalue weighted by Crippen LogP contribution is -1.92. The Balaban J connectivity index is 1.67.